The molecule has 0 aliphatic carbocycles. The molecule has 0 aromatic heterocycles. The van der Waals surface area contributed by atoms with Gasteiger partial charge in [-0.05, 0) is 37.0 Å². The van der Waals surface area contributed by atoms with Crippen molar-refractivity contribution in [2.45, 2.75) is 32.4 Å². The fourth-order valence-electron chi connectivity index (χ4n) is 2.62. The molecule has 1 aliphatic heterocycles. The summed E-state index contributed by atoms with van der Waals surface area (Å²) in [4.78, 5) is 2.06. The molecule has 106 valence electrons. The highest BCUT2D eigenvalue weighted by Crippen LogP contribution is 2.28. The zero-order valence-corrected chi connectivity index (χ0v) is 11.9. The molecule has 0 saturated carbocycles. The van der Waals surface area contributed by atoms with Crippen molar-refractivity contribution in [1.29, 1.82) is 0 Å². The van der Waals surface area contributed by atoms with E-state index in [4.69, 9.17) is 10.5 Å². The molecule has 3 atom stereocenters. The second-order valence-corrected chi connectivity index (χ2v) is 5.49. The summed E-state index contributed by atoms with van der Waals surface area (Å²) in [5.41, 5.74) is 7.25. The van der Waals surface area contributed by atoms with Crippen LogP contribution in [0.5, 0.6) is 0 Å². The minimum absolute atomic E-state index is 0.142. The second kappa shape index (κ2) is 5.88. The van der Waals surface area contributed by atoms with Gasteiger partial charge in [0.05, 0.1) is 11.8 Å². The highest BCUT2D eigenvalue weighted by molar-refractivity contribution is 5.50. The largest absolute Gasteiger partial charge is 0.379 e. The predicted molar refractivity (Wildman–Crippen MR) is 75.8 cm³/mol. The molecule has 0 radical (unpaired) electrons. The lowest BCUT2D eigenvalue weighted by Crippen LogP contribution is -2.44. The SMILES string of the molecule is COC1CN(c2ccc(C(C)N)cc2F)CCC1C. The maximum Gasteiger partial charge on any atom is 0.146 e. The Morgan fingerprint density at radius 3 is 2.79 bits per heavy atom. The molecule has 0 spiro atoms. The zero-order valence-electron chi connectivity index (χ0n) is 11.9. The maximum absolute atomic E-state index is 14.2. The van der Waals surface area contributed by atoms with Crippen LogP contribution in [0.1, 0.15) is 31.9 Å². The van der Waals surface area contributed by atoms with E-state index in [2.05, 4.69) is 11.8 Å². The molecule has 3 unspecified atom stereocenters. The average molecular weight is 266 g/mol. The summed E-state index contributed by atoms with van der Waals surface area (Å²) in [5, 5.41) is 0. The number of methoxy groups -OCH3 is 1. The van der Waals surface area contributed by atoms with Crippen molar-refractivity contribution in [2.75, 3.05) is 25.1 Å². The van der Waals surface area contributed by atoms with Crippen molar-refractivity contribution in [2.24, 2.45) is 11.7 Å². The Hall–Kier alpha value is -1.13. The number of rotatable bonds is 3. The molecule has 1 aromatic rings. The van der Waals surface area contributed by atoms with Gasteiger partial charge in [0.25, 0.3) is 0 Å². The highest BCUT2D eigenvalue weighted by atomic mass is 19.1. The van der Waals surface area contributed by atoms with Gasteiger partial charge in [-0.15, -0.1) is 0 Å². The number of ether oxygens (including phenoxy) is 1. The number of nitrogens with two attached hydrogens (primary N) is 1. The summed E-state index contributed by atoms with van der Waals surface area (Å²) in [6.45, 7) is 5.65. The summed E-state index contributed by atoms with van der Waals surface area (Å²) in [7, 11) is 1.72. The van der Waals surface area contributed by atoms with Gasteiger partial charge < -0.3 is 15.4 Å². The molecule has 2 N–H and O–H groups in total. The minimum Gasteiger partial charge on any atom is -0.379 e. The molecule has 1 fully saturated rings. The monoisotopic (exact) mass is 266 g/mol. The number of halogens is 1. The fraction of sp³-hybridized carbons (Fsp3) is 0.600. The van der Waals surface area contributed by atoms with E-state index in [0.717, 1.165) is 25.1 Å². The van der Waals surface area contributed by atoms with Gasteiger partial charge in [-0.2, -0.15) is 0 Å². The topological polar surface area (TPSA) is 38.5 Å². The smallest absolute Gasteiger partial charge is 0.146 e. The predicted octanol–water partition coefficient (Wildman–Crippen LogP) is 2.71. The lowest BCUT2D eigenvalue weighted by Gasteiger charge is -2.37. The van der Waals surface area contributed by atoms with Crippen LogP contribution >= 0.6 is 0 Å². The molecule has 1 heterocycles. The van der Waals surface area contributed by atoms with E-state index in [-0.39, 0.29) is 18.0 Å². The van der Waals surface area contributed by atoms with Gasteiger partial charge in [-0.3, -0.25) is 0 Å². The van der Waals surface area contributed by atoms with Gasteiger partial charge in [0.15, 0.2) is 0 Å². The van der Waals surface area contributed by atoms with Gasteiger partial charge in [-0.25, -0.2) is 4.39 Å². The molecule has 1 aromatic carbocycles. The first-order chi connectivity index (χ1) is 9.02. The summed E-state index contributed by atoms with van der Waals surface area (Å²) in [6, 6.07) is 5.14. The Morgan fingerprint density at radius 2 is 2.21 bits per heavy atom. The van der Waals surface area contributed by atoms with Gasteiger partial charge in [-0.1, -0.05) is 13.0 Å². The fourth-order valence-corrected chi connectivity index (χ4v) is 2.62. The molecule has 0 amide bonds. The minimum atomic E-state index is -0.195. The summed E-state index contributed by atoms with van der Waals surface area (Å²) in [6.07, 6.45) is 1.19. The number of hydrogen-bond acceptors (Lipinski definition) is 3. The standard InChI is InChI=1S/C15H23FN2O/c1-10-6-7-18(9-15(10)19-3)14-5-4-12(11(2)17)8-13(14)16/h4-5,8,10-11,15H,6-7,9,17H2,1-3H3. The molecule has 1 saturated heterocycles. The van der Waals surface area contributed by atoms with Gasteiger partial charge in [0.2, 0.25) is 0 Å². The van der Waals surface area contributed by atoms with Crippen LogP contribution in [0.4, 0.5) is 10.1 Å². The molecule has 0 bridgehead atoms. The summed E-state index contributed by atoms with van der Waals surface area (Å²) >= 11 is 0. The number of benzene rings is 1. The lowest BCUT2D eigenvalue weighted by molar-refractivity contribution is 0.0497. The Bertz CT molecular complexity index is 436. The molecule has 3 nitrogen and oxygen atoms in total. The zero-order chi connectivity index (χ0) is 14.0. The van der Waals surface area contributed by atoms with E-state index in [1.807, 2.05) is 19.1 Å². The van der Waals surface area contributed by atoms with Crippen molar-refractivity contribution < 1.29 is 9.13 Å². The van der Waals surface area contributed by atoms with Crippen molar-refractivity contribution in [1.82, 2.24) is 0 Å². The van der Waals surface area contributed by atoms with Crippen LogP contribution in [-0.2, 0) is 4.74 Å². The Labute approximate surface area is 114 Å². The van der Waals surface area contributed by atoms with E-state index < -0.39 is 0 Å². The van der Waals surface area contributed by atoms with Crippen LogP contribution < -0.4 is 10.6 Å². The van der Waals surface area contributed by atoms with Crippen molar-refractivity contribution in [3.63, 3.8) is 0 Å². The Morgan fingerprint density at radius 1 is 1.47 bits per heavy atom. The Kier molecular flexibility index (Phi) is 4.42. The van der Waals surface area contributed by atoms with Crippen LogP contribution in [0.2, 0.25) is 0 Å². The molecule has 19 heavy (non-hydrogen) atoms. The van der Waals surface area contributed by atoms with E-state index >= 15 is 0 Å². The van der Waals surface area contributed by atoms with Gasteiger partial charge in [0, 0.05) is 26.2 Å². The second-order valence-electron chi connectivity index (χ2n) is 5.49. The number of nitrogens with zero attached hydrogens (tertiary/aromatic N) is 1. The molecule has 2 rings (SSSR count). The van der Waals surface area contributed by atoms with E-state index in [0.29, 0.717) is 11.6 Å². The van der Waals surface area contributed by atoms with Crippen molar-refractivity contribution >= 4 is 5.69 Å². The average Bonchev–Trinajstić information content (AvgIpc) is 2.39. The molecular formula is C15H23FN2O. The molecular weight excluding hydrogens is 243 g/mol. The highest BCUT2D eigenvalue weighted by Gasteiger charge is 2.27. The maximum atomic E-state index is 14.2. The van der Waals surface area contributed by atoms with E-state index in [9.17, 15) is 4.39 Å². The van der Waals surface area contributed by atoms with Gasteiger partial charge >= 0.3 is 0 Å². The number of piperidine rings is 1. The quantitative estimate of drug-likeness (QED) is 0.914. The Balaban J connectivity index is 2.18. The molecule has 4 heteroatoms. The molecule has 1 aliphatic rings. The van der Waals surface area contributed by atoms with Crippen LogP contribution in [0.3, 0.4) is 0 Å². The van der Waals surface area contributed by atoms with Crippen LogP contribution in [0.15, 0.2) is 18.2 Å². The summed E-state index contributed by atoms with van der Waals surface area (Å²) in [5.74, 6) is 0.326. The van der Waals surface area contributed by atoms with E-state index in [1.165, 1.54) is 0 Å². The van der Waals surface area contributed by atoms with Crippen LogP contribution in [0.25, 0.3) is 0 Å². The van der Waals surface area contributed by atoms with Crippen LogP contribution in [-0.4, -0.2) is 26.3 Å². The first-order valence-electron chi connectivity index (χ1n) is 6.85. The first kappa shape index (κ1) is 14.3. The van der Waals surface area contributed by atoms with Crippen molar-refractivity contribution in [3.05, 3.63) is 29.6 Å². The first-order valence-corrected chi connectivity index (χ1v) is 6.85. The number of anilines is 1. The summed E-state index contributed by atoms with van der Waals surface area (Å²) < 4.78 is 19.7. The van der Waals surface area contributed by atoms with Gasteiger partial charge in [0.1, 0.15) is 5.82 Å². The third kappa shape index (κ3) is 3.07. The number of hydrogen-bond donors (Lipinski definition) is 1. The van der Waals surface area contributed by atoms with Crippen molar-refractivity contribution in [3.8, 4) is 0 Å². The van der Waals surface area contributed by atoms with E-state index in [1.54, 1.807) is 13.2 Å². The normalized spacial score (nSPS) is 25.4. The third-order valence-electron chi connectivity index (χ3n) is 4.03. The lowest BCUT2D eigenvalue weighted by atomic mass is 9.95. The third-order valence-corrected chi connectivity index (χ3v) is 4.03. The van der Waals surface area contributed by atoms with Crippen LogP contribution in [0, 0.1) is 11.7 Å².